The maximum atomic E-state index is 13.4. The van der Waals surface area contributed by atoms with Gasteiger partial charge in [0.2, 0.25) is 0 Å². The number of hydrogen-bond donors (Lipinski definition) is 1. The van der Waals surface area contributed by atoms with E-state index >= 15 is 0 Å². The first-order chi connectivity index (χ1) is 8.24. The number of fused-ring (bicyclic) bond motifs is 1. The minimum absolute atomic E-state index is 0.200. The van der Waals surface area contributed by atoms with E-state index in [1.807, 2.05) is 0 Å². The molecule has 1 aliphatic carbocycles. The third-order valence-corrected chi connectivity index (χ3v) is 4.21. The fraction of sp³-hybridized carbons (Fsp3) is 0.571. The van der Waals surface area contributed by atoms with E-state index in [1.165, 1.54) is 37.3 Å². The van der Waals surface area contributed by atoms with E-state index in [0.717, 1.165) is 25.1 Å². The van der Waals surface area contributed by atoms with Crippen molar-refractivity contribution in [3.63, 3.8) is 0 Å². The van der Waals surface area contributed by atoms with Crippen molar-refractivity contribution in [3.8, 4) is 0 Å². The summed E-state index contributed by atoms with van der Waals surface area (Å²) in [6, 6.07) is 3.82. The molecule has 0 atom stereocenters. The first-order valence-corrected chi connectivity index (χ1v) is 6.55. The molecule has 0 spiro atoms. The van der Waals surface area contributed by atoms with Gasteiger partial charge in [-0.2, -0.15) is 0 Å². The number of hydrogen-bond acceptors (Lipinski definition) is 2. The smallest absolute Gasteiger partial charge is 0.125 e. The molecule has 0 amide bonds. The molecule has 3 heteroatoms. The fourth-order valence-corrected chi connectivity index (χ4v) is 3.30. The summed E-state index contributed by atoms with van der Waals surface area (Å²) in [5.41, 5.74) is 8.78. The Kier molecular flexibility index (Phi) is 2.79. The molecule has 3 rings (SSSR count). The minimum Gasteiger partial charge on any atom is -0.398 e. The van der Waals surface area contributed by atoms with E-state index in [-0.39, 0.29) is 5.82 Å². The van der Waals surface area contributed by atoms with Crippen LogP contribution >= 0.6 is 0 Å². The zero-order valence-electron chi connectivity index (χ0n) is 10.1. The fourth-order valence-electron chi connectivity index (χ4n) is 3.30. The lowest BCUT2D eigenvalue weighted by Gasteiger charge is -2.34. The average Bonchev–Trinajstić information content (AvgIpc) is 2.81. The van der Waals surface area contributed by atoms with Crippen LogP contribution in [0.3, 0.4) is 0 Å². The molecule has 1 aromatic rings. The quantitative estimate of drug-likeness (QED) is 0.757. The predicted molar refractivity (Wildman–Crippen MR) is 67.2 cm³/mol. The summed E-state index contributed by atoms with van der Waals surface area (Å²) in [5.74, 6) is -0.200. The Bertz CT molecular complexity index is 424. The van der Waals surface area contributed by atoms with Crippen LogP contribution in [0.15, 0.2) is 12.1 Å². The van der Waals surface area contributed by atoms with Crippen molar-refractivity contribution < 1.29 is 4.39 Å². The van der Waals surface area contributed by atoms with Gasteiger partial charge < -0.3 is 5.73 Å². The van der Waals surface area contributed by atoms with E-state index in [1.54, 1.807) is 6.07 Å². The normalized spacial score (nSPS) is 21.7. The number of rotatable bonds is 1. The number of benzene rings is 1. The largest absolute Gasteiger partial charge is 0.398 e. The predicted octanol–water partition coefficient (Wildman–Crippen LogP) is 2.71. The highest BCUT2D eigenvalue weighted by Crippen LogP contribution is 2.31. The molecule has 2 N–H and O–H groups in total. The Hall–Kier alpha value is -1.09. The Morgan fingerprint density at radius 1 is 1.24 bits per heavy atom. The number of nitrogen functional groups attached to an aromatic ring is 1. The molecule has 17 heavy (non-hydrogen) atoms. The highest BCUT2D eigenvalue weighted by atomic mass is 19.1. The lowest BCUT2D eigenvalue weighted by Crippen LogP contribution is -2.38. The van der Waals surface area contributed by atoms with E-state index in [2.05, 4.69) is 4.90 Å². The second-order valence-electron chi connectivity index (χ2n) is 5.29. The van der Waals surface area contributed by atoms with Gasteiger partial charge >= 0.3 is 0 Å². The standard InChI is InChI=1S/C14H19FN2/c15-11-7-10-9-17(12-3-1-2-4-12)6-5-13(10)14(16)8-11/h7-8,12H,1-6,9,16H2. The SMILES string of the molecule is Nc1cc(F)cc2c1CCN(C1CCCC1)C2. The van der Waals surface area contributed by atoms with Gasteiger partial charge in [-0.05, 0) is 42.5 Å². The molecular formula is C14H19FN2. The van der Waals surface area contributed by atoms with Crippen LogP contribution in [-0.4, -0.2) is 17.5 Å². The van der Waals surface area contributed by atoms with Crippen LogP contribution in [0, 0.1) is 5.82 Å². The van der Waals surface area contributed by atoms with E-state index in [9.17, 15) is 4.39 Å². The number of nitrogens with two attached hydrogens (primary N) is 1. The highest BCUT2D eigenvalue weighted by molar-refractivity contribution is 5.52. The van der Waals surface area contributed by atoms with Crippen LogP contribution < -0.4 is 5.73 Å². The molecule has 1 aliphatic heterocycles. The Balaban J connectivity index is 1.84. The minimum atomic E-state index is -0.200. The topological polar surface area (TPSA) is 29.3 Å². The number of anilines is 1. The zero-order valence-corrected chi connectivity index (χ0v) is 10.1. The maximum Gasteiger partial charge on any atom is 0.125 e. The zero-order chi connectivity index (χ0) is 11.8. The van der Waals surface area contributed by atoms with Gasteiger partial charge in [0.25, 0.3) is 0 Å². The molecule has 2 nitrogen and oxygen atoms in total. The molecule has 0 unspecified atom stereocenters. The van der Waals surface area contributed by atoms with Crippen molar-refractivity contribution in [3.05, 3.63) is 29.1 Å². The average molecular weight is 234 g/mol. The van der Waals surface area contributed by atoms with E-state index in [4.69, 9.17) is 5.73 Å². The third-order valence-electron chi connectivity index (χ3n) is 4.21. The monoisotopic (exact) mass is 234 g/mol. The number of nitrogens with zero attached hydrogens (tertiary/aromatic N) is 1. The summed E-state index contributed by atoms with van der Waals surface area (Å²) < 4.78 is 13.4. The first kappa shape index (κ1) is 11.0. The molecule has 1 aromatic carbocycles. The Labute approximate surface area is 102 Å². The lowest BCUT2D eigenvalue weighted by atomic mass is 9.96. The van der Waals surface area contributed by atoms with Crippen LogP contribution in [0.1, 0.15) is 36.8 Å². The second-order valence-corrected chi connectivity index (χ2v) is 5.29. The molecule has 0 saturated heterocycles. The maximum absolute atomic E-state index is 13.4. The van der Waals surface area contributed by atoms with Gasteiger partial charge in [0.05, 0.1) is 0 Å². The number of halogens is 1. The van der Waals surface area contributed by atoms with Crippen LogP contribution in [0.25, 0.3) is 0 Å². The molecule has 92 valence electrons. The molecular weight excluding hydrogens is 215 g/mol. The second kappa shape index (κ2) is 4.30. The summed E-state index contributed by atoms with van der Waals surface area (Å²) in [5, 5.41) is 0. The van der Waals surface area contributed by atoms with Gasteiger partial charge in [-0.25, -0.2) is 4.39 Å². The summed E-state index contributed by atoms with van der Waals surface area (Å²) in [6.45, 7) is 1.95. The molecule has 0 radical (unpaired) electrons. The van der Waals surface area contributed by atoms with Crippen molar-refractivity contribution in [1.82, 2.24) is 4.90 Å². The van der Waals surface area contributed by atoms with Gasteiger partial charge in [-0.1, -0.05) is 12.8 Å². The van der Waals surface area contributed by atoms with Crippen molar-refractivity contribution in [2.24, 2.45) is 0 Å². The van der Waals surface area contributed by atoms with Crippen molar-refractivity contribution >= 4 is 5.69 Å². The van der Waals surface area contributed by atoms with Crippen LogP contribution in [0.2, 0.25) is 0 Å². The van der Waals surface area contributed by atoms with Gasteiger partial charge in [0.15, 0.2) is 0 Å². The molecule has 2 aliphatic rings. The lowest BCUT2D eigenvalue weighted by molar-refractivity contribution is 0.181. The highest BCUT2D eigenvalue weighted by Gasteiger charge is 2.26. The first-order valence-electron chi connectivity index (χ1n) is 6.55. The molecule has 0 bridgehead atoms. The van der Waals surface area contributed by atoms with Gasteiger partial charge in [0, 0.05) is 24.8 Å². The van der Waals surface area contributed by atoms with Gasteiger partial charge in [0.1, 0.15) is 5.82 Å². The van der Waals surface area contributed by atoms with Crippen LogP contribution in [0.4, 0.5) is 10.1 Å². The summed E-state index contributed by atoms with van der Waals surface area (Å²) in [4.78, 5) is 2.51. The summed E-state index contributed by atoms with van der Waals surface area (Å²) >= 11 is 0. The Morgan fingerprint density at radius 3 is 2.76 bits per heavy atom. The van der Waals surface area contributed by atoms with Crippen LogP contribution in [0.5, 0.6) is 0 Å². The summed E-state index contributed by atoms with van der Waals surface area (Å²) in [7, 11) is 0. The van der Waals surface area contributed by atoms with Gasteiger partial charge in [-0.3, -0.25) is 4.90 Å². The van der Waals surface area contributed by atoms with Crippen molar-refractivity contribution in [1.29, 1.82) is 0 Å². The molecule has 1 fully saturated rings. The third kappa shape index (κ3) is 2.04. The molecule has 0 aromatic heterocycles. The van der Waals surface area contributed by atoms with Gasteiger partial charge in [-0.15, -0.1) is 0 Å². The Morgan fingerprint density at radius 2 is 2.00 bits per heavy atom. The summed E-state index contributed by atoms with van der Waals surface area (Å²) in [6.07, 6.45) is 6.27. The van der Waals surface area contributed by atoms with Crippen molar-refractivity contribution in [2.75, 3.05) is 12.3 Å². The molecule has 1 saturated carbocycles. The molecule has 1 heterocycles. The van der Waals surface area contributed by atoms with Crippen molar-refractivity contribution in [2.45, 2.75) is 44.7 Å². The van der Waals surface area contributed by atoms with E-state index < -0.39 is 0 Å². The van der Waals surface area contributed by atoms with Crippen LogP contribution in [-0.2, 0) is 13.0 Å². The van der Waals surface area contributed by atoms with E-state index in [0.29, 0.717) is 11.7 Å².